The lowest BCUT2D eigenvalue weighted by atomic mass is 10.0. The molecule has 0 saturated heterocycles. The van der Waals surface area contributed by atoms with Gasteiger partial charge in [-0.25, -0.2) is 4.79 Å². The zero-order valence-corrected chi connectivity index (χ0v) is 17.1. The van der Waals surface area contributed by atoms with Crippen LogP contribution in [0, 0.1) is 0 Å². The van der Waals surface area contributed by atoms with Crippen molar-refractivity contribution in [3.63, 3.8) is 0 Å². The molecule has 3 rings (SSSR count). The van der Waals surface area contributed by atoms with Crippen LogP contribution in [0.2, 0.25) is 0 Å². The van der Waals surface area contributed by atoms with Gasteiger partial charge in [0.05, 0.1) is 21.3 Å². The molecule has 1 atom stereocenters. The molecule has 1 aromatic heterocycles. The molecule has 1 unspecified atom stereocenters. The number of carbonyl (C=O) groups is 2. The Labute approximate surface area is 174 Å². The number of para-hydroxylation sites is 1. The summed E-state index contributed by atoms with van der Waals surface area (Å²) >= 11 is 0. The Kier molecular flexibility index (Phi) is 6.75. The Balaban J connectivity index is 1.72. The molecule has 30 heavy (non-hydrogen) atoms. The second-order valence-electron chi connectivity index (χ2n) is 6.60. The van der Waals surface area contributed by atoms with Crippen LogP contribution in [0.4, 0.5) is 0 Å². The molecule has 1 amide bonds. The smallest absolute Gasteiger partial charge is 0.328 e. The highest BCUT2D eigenvalue weighted by molar-refractivity contribution is 5.95. The number of rotatable bonds is 8. The first-order valence-electron chi connectivity index (χ1n) is 9.39. The molecule has 0 fully saturated rings. The number of nitrogens with one attached hydrogen (secondary N) is 2. The van der Waals surface area contributed by atoms with Crippen molar-refractivity contribution in [2.45, 2.75) is 12.5 Å². The van der Waals surface area contributed by atoms with Gasteiger partial charge in [0, 0.05) is 29.6 Å². The Bertz CT molecular complexity index is 1070. The van der Waals surface area contributed by atoms with Crippen LogP contribution >= 0.6 is 0 Å². The normalized spacial score (nSPS) is 12.0. The number of H-pyrrole nitrogens is 1. The van der Waals surface area contributed by atoms with Crippen LogP contribution < -0.4 is 14.8 Å². The van der Waals surface area contributed by atoms with E-state index in [1.807, 2.05) is 30.5 Å². The maximum absolute atomic E-state index is 12.4. The Morgan fingerprint density at radius 3 is 2.57 bits per heavy atom. The highest BCUT2D eigenvalue weighted by atomic mass is 16.5. The van der Waals surface area contributed by atoms with Gasteiger partial charge in [0.15, 0.2) is 11.5 Å². The van der Waals surface area contributed by atoms with Crippen molar-refractivity contribution in [3.8, 4) is 11.5 Å². The van der Waals surface area contributed by atoms with Crippen molar-refractivity contribution in [3.05, 3.63) is 65.9 Å². The number of fused-ring (bicyclic) bond motifs is 1. The van der Waals surface area contributed by atoms with E-state index in [2.05, 4.69) is 10.3 Å². The molecule has 0 radical (unpaired) electrons. The number of ether oxygens (including phenoxy) is 3. The standard InChI is InChI=1S/C23H24N2O5/c1-28-20-10-8-15(12-21(20)29-2)9-11-22(26)25-19(23(27)30-3)13-16-14-24-18-7-5-4-6-17(16)18/h4-12,14,19,24H,13H2,1-3H3,(H,25,26). The quantitative estimate of drug-likeness (QED) is 0.442. The fourth-order valence-corrected chi connectivity index (χ4v) is 3.20. The van der Waals surface area contributed by atoms with Crippen molar-refractivity contribution in [2.24, 2.45) is 0 Å². The van der Waals surface area contributed by atoms with Gasteiger partial charge in [-0.15, -0.1) is 0 Å². The lowest BCUT2D eigenvalue weighted by molar-refractivity contribution is -0.144. The van der Waals surface area contributed by atoms with Crippen molar-refractivity contribution in [2.75, 3.05) is 21.3 Å². The van der Waals surface area contributed by atoms with Crippen LogP contribution in [0.25, 0.3) is 17.0 Å². The van der Waals surface area contributed by atoms with Gasteiger partial charge in [-0.05, 0) is 35.4 Å². The Morgan fingerprint density at radius 2 is 1.83 bits per heavy atom. The number of hydrogen-bond acceptors (Lipinski definition) is 5. The average Bonchev–Trinajstić information content (AvgIpc) is 3.19. The number of amides is 1. The Morgan fingerprint density at radius 1 is 1.07 bits per heavy atom. The van der Waals surface area contributed by atoms with Crippen LogP contribution in [0.3, 0.4) is 0 Å². The van der Waals surface area contributed by atoms with E-state index in [0.29, 0.717) is 17.9 Å². The molecule has 0 saturated carbocycles. The zero-order chi connectivity index (χ0) is 21.5. The summed E-state index contributed by atoms with van der Waals surface area (Å²) in [5, 5.41) is 3.72. The first kappa shape index (κ1) is 21.0. The summed E-state index contributed by atoms with van der Waals surface area (Å²) in [6.45, 7) is 0. The molecule has 0 aliphatic heterocycles. The molecule has 2 aromatic carbocycles. The molecule has 0 aliphatic carbocycles. The number of methoxy groups -OCH3 is 3. The van der Waals surface area contributed by atoms with Gasteiger partial charge in [-0.3, -0.25) is 4.79 Å². The van der Waals surface area contributed by atoms with Gasteiger partial charge < -0.3 is 24.5 Å². The summed E-state index contributed by atoms with van der Waals surface area (Å²) in [7, 11) is 4.40. The molecule has 0 bridgehead atoms. The van der Waals surface area contributed by atoms with Gasteiger partial charge in [-0.1, -0.05) is 24.3 Å². The molecule has 2 N–H and O–H groups in total. The van der Waals surface area contributed by atoms with E-state index in [1.165, 1.54) is 13.2 Å². The number of aromatic nitrogens is 1. The largest absolute Gasteiger partial charge is 0.493 e. The summed E-state index contributed by atoms with van der Waals surface area (Å²) in [6.07, 6.45) is 5.16. The van der Waals surface area contributed by atoms with E-state index < -0.39 is 17.9 Å². The monoisotopic (exact) mass is 408 g/mol. The van der Waals surface area contributed by atoms with Gasteiger partial charge in [0.25, 0.3) is 0 Å². The number of esters is 1. The predicted molar refractivity (Wildman–Crippen MR) is 115 cm³/mol. The second kappa shape index (κ2) is 9.65. The van der Waals surface area contributed by atoms with E-state index in [-0.39, 0.29) is 0 Å². The lowest BCUT2D eigenvalue weighted by Gasteiger charge is -2.15. The molecule has 7 nitrogen and oxygen atoms in total. The summed E-state index contributed by atoms with van der Waals surface area (Å²) in [5.74, 6) is 0.253. The summed E-state index contributed by atoms with van der Waals surface area (Å²) in [5.41, 5.74) is 2.65. The maximum atomic E-state index is 12.4. The molecule has 1 heterocycles. The van der Waals surface area contributed by atoms with Crippen LogP contribution in [-0.2, 0) is 20.7 Å². The Hall–Kier alpha value is -3.74. The summed E-state index contributed by atoms with van der Waals surface area (Å²) < 4.78 is 15.3. The fraction of sp³-hybridized carbons (Fsp3) is 0.217. The van der Waals surface area contributed by atoms with Crippen molar-refractivity contribution < 1.29 is 23.8 Å². The van der Waals surface area contributed by atoms with Crippen LogP contribution in [-0.4, -0.2) is 44.2 Å². The third-order valence-corrected chi connectivity index (χ3v) is 4.74. The van der Waals surface area contributed by atoms with E-state index >= 15 is 0 Å². The van der Waals surface area contributed by atoms with Crippen molar-refractivity contribution in [1.82, 2.24) is 10.3 Å². The lowest BCUT2D eigenvalue weighted by Crippen LogP contribution is -2.42. The molecular weight excluding hydrogens is 384 g/mol. The zero-order valence-electron chi connectivity index (χ0n) is 17.1. The van der Waals surface area contributed by atoms with Crippen LogP contribution in [0.5, 0.6) is 11.5 Å². The molecule has 0 aliphatic rings. The fourth-order valence-electron chi connectivity index (χ4n) is 3.20. The van der Waals surface area contributed by atoms with Gasteiger partial charge in [0.1, 0.15) is 6.04 Å². The van der Waals surface area contributed by atoms with Crippen LogP contribution in [0.15, 0.2) is 54.7 Å². The summed E-state index contributed by atoms with van der Waals surface area (Å²) in [6, 6.07) is 12.3. The van der Waals surface area contributed by atoms with Crippen molar-refractivity contribution >= 4 is 28.9 Å². The highest BCUT2D eigenvalue weighted by Crippen LogP contribution is 2.28. The summed E-state index contributed by atoms with van der Waals surface area (Å²) in [4.78, 5) is 27.9. The first-order valence-corrected chi connectivity index (χ1v) is 9.39. The maximum Gasteiger partial charge on any atom is 0.328 e. The molecule has 7 heteroatoms. The topological polar surface area (TPSA) is 89.7 Å². The number of aromatic amines is 1. The number of hydrogen-bond donors (Lipinski definition) is 2. The second-order valence-corrected chi connectivity index (χ2v) is 6.60. The van der Waals surface area contributed by atoms with E-state index in [1.54, 1.807) is 38.5 Å². The SMILES string of the molecule is COC(=O)C(Cc1c[nH]c2ccccc12)NC(=O)C=Cc1ccc(OC)c(OC)c1. The molecular formula is C23H24N2O5. The molecule has 3 aromatic rings. The molecule has 0 spiro atoms. The number of carbonyl (C=O) groups excluding carboxylic acids is 2. The van der Waals surface area contributed by atoms with E-state index in [0.717, 1.165) is 22.0 Å². The van der Waals surface area contributed by atoms with Gasteiger partial charge >= 0.3 is 5.97 Å². The van der Waals surface area contributed by atoms with Crippen molar-refractivity contribution in [1.29, 1.82) is 0 Å². The number of benzene rings is 2. The van der Waals surface area contributed by atoms with Gasteiger partial charge in [0.2, 0.25) is 5.91 Å². The molecule has 156 valence electrons. The minimum atomic E-state index is -0.809. The first-order chi connectivity index (χ1) is 14.5. The van der Waals surface area contributed by atoms with Crippen LogP contribution in [0.1, 0.15) is 11.1 Å². The predicted octanol–water partition coefficient (Wildman–Crippen LogP) is 3.10. The van der Waals surface area contributed by atoms with Gasteiger partial charge in [-0.2, -0.15) is 0 Å². The average molecular weight is 408 g/mol. The minimum absolute atomic E-state index is 0.312. The third kappa shape index (κ3) is 4.81. The third-order valence-electron chi connectivity index (χ3n) is 4.74. The highest BCUT2D eigenvalue weighted by Gasteiger charge is 2.22. The minimum Gasteiger partial charge on any atom is -0.493 e. The van der Waals surface area contributed by atoms with E-state index in [4.69, 9.17) is 14.2 Å². The van der Waals surface area contributed by atoms with E-state index in [9.17, 15) is 9.59 Å².